The van der Waals surface area contributed by atoms with Gasteiger partial charge in [-0.2, -0.15) is 0 Å². The van der Waals surface area contributed by atoms with E-state index in [0.717, 1.165) is 31.2 Å². The first-order chi connectivity index (χ1) is 13.2. The quantitative estimate of drug-likeness (QED) is 0.394. The van der Waals surface area contributed by atoms with Crippen molar-refractivity contribution in [3.63, 3.8) is 0 Å². The molecule has 0 N–H and O–H groups in total. The highest BCUT2D eigenvalue weighted by Gasteiger charge is 2.39. The summed E-state index contributed by atoms with van der Waals surface area (Å²) in [5.41, 5.74) is 5.18. The van der Waals surface area contributed by atoms with Crippen molar-refractivity contribution in [2.45, 2.75) is 38.7 Å². The summed E-state index contributed by atoms with van der Waals surface area (Å²) in [6, 6.07) is 18.8. The van der Waals surface area contributed by atoms with Crippen LogP contribution in [-0.4, -0.2) is 5.71 Å². The van der Waals surface area contributed by atoms with Crippen molar-refractivity contribution < 1.29 is 4.84 Å². The monoisotopic (exact) mass is 423 g/mol. The maximum absolute atomic E-state index is 5.80. The maximum Gasteiger partial charge on any atom is 0.142 e. The van der Waals surface area contributed by atoms with Gasteiger partial charge in [0.25, 0.3) is 0 Å². The molecule has 0 radical (unpaired) electrons. The SMILES string of the molecule is C=C1CC2C/C(=N/OCc3ccccc3)C(Cc3ccccc3Br)C(C1)C2. The molecule has 2 aromatic carbocycles. The average Bonchev–Trinajstić information content (AvgIpc) is 2.66. The van der Waals surface area contributed by atoms with E-state index in [1.165, 1.54) is 27.7 Å². The van der Waals surface area contributed by atoms with Gasteiger partial charge in [-0.1, -0.05) is 81.8 Å². The molecule has 3 atom stereocenters. The standard InChI is InChI=1S/C24H26BrNO/c1-17-11-19-13-21(12-17)22(15-20-9-5-6-10-23(20)25)24(14-19)26-27-16-18-7-3-2-4-8-18/h2-10,19,21-22H,1,11-16H2/b26-24-. The van der Waals surface area contributed by atoms with E-state index in [2.05, 4.69) is 64.1 Å². The Bertz CT molecular complexity index is 829. The molecule has 2 aliphatic carbocycles. The smallest absolute Gasteiger partial charge is 0.142 e. The summed E-state index contributed by atoms with van der Waals surface area (Å²) in [6.07, 6.45) is 5.63. The zero-order valence-corrected chi connectivity index (χ0v) is 17.2. The predicted octanol–water partition coefficient (Wildman–Crippen LogP) is 6.56. The second kappa shape index (κ2) is 8.43. The van der Waals surface area contributed by atoms with Gasteiger partial charge in [-0.3, -0.25) is 0 Å². The Balaban J connectivity index is 1.54. The third kappa shape index (κ3) is 4.52. The molecule has 0 aromatic heterocycles. The zero-order valence-electron chi connectivity index (χ0n) is 15.6. The third-order valence-corrected chi connectivity index (χ3v) is 6.69. The molecule has 3 heteroatoms. The van der Waals surface area contributed by atoms with Gasteiger partial charge >= 0.3 is 0 Å². The van der Waals surface area contributed by atoms with Gasteiger partial charge in [-0.25, -0.2) is 0 Å². The summed E-state index contributed by atoms with van der Waals surface area (Å²) in [4.78, 5) is 5.80. The van der Waals surface area contributed by atoms with Crippen molar-refractivity contribution in [1.82, 2.24) is 0 Å². The summed E-state index contributed by atoms with van der Waals surface area (Å²) in [5.74, 6) is 1.76. The van der Waals surface area contributed by atoms with Crippen molar-refractivity contribution in [1.29, 1.82) is 0 Å². The number of oxime groups is 1. The lowest BCUT2D eigenvalue weighted by Crippen LogP contribution is -2.38. The first-order valence-electron chi connectivity index (χ1n) is 9.81. The lowest BCUT2D eigenvalue weighted by Gasteiger charge is -2.42. The van der Waals surface area contributed by atoms with E-state index in [1.807, 2.05) is 18.2 Å². The van der Waals surface area contributed by atoms with Crippen LogP contribution in [0.1, 0.15) is 36.8 Å². The van der Waals surface area contributed by atoms with Crippen LogP contribution in [-0.2, 0) is 17.9 Å². The van der Waals surface area contributed by atoms with Gasteiger partial charge in [0.15, 0.2) is 0 Å². The molecule has 140 valence electrons. The largest absolute Gasteiger partial charge is 0.391 e. The van der Waals surface area contributed by atoms with Crippen molar-refractivity contribution >= 4 is 21.6 Å². The Morgan fingerprint density at radius 1 is 1.00 bits per heavy atom. The van der Waals surface area contributed by atoms with E-state index >= 15 is 0 Å². The molecule has 2 aromatic rings. The van der Waals surface area contributed by atoms with E-state index in [9.17, 15) is 0 Å². The van der Waals surface area contributed by atoms with Crippen LogP contribution >= 0.6 is 15.9 Å². The lowest BCUT2D eigenvalue weighted by molar-refractivity contribution is 0.122. The molecule has 27 heavy (non-hydrogen) atoms. The minimum absolute atomic E-state index is 0.438. The predicted molar refractivity (Wildman–Crippen MR) is 115 cm³/mol. The molecule has 0 spiro atoms. The summed E-state index contributed by atoms with van der Waals surface area (Å²) in [6.45, 7) is 4.84. The number of hydrogen-bond donors (Lipinski definition) is 0. The lowest BCUT2D eigenvalue weighted by atomic mass is 9.63. The van der Waals surface area contributed by atoms with Gasteiger partial charge in [0, 0.05) is 10.4 Å². The Kier molecular flexibility index (Phi) is 5.77. The Labute approximate surface area is 170 Å². The Morgan fingerprint density at radius 2 is 1.78 bits per heavy atom. The van der Waals surface area contributed by atoms with Crippen LogP contribution in [0.3, 0.4) is 0 Å². The molecular formula is C24H26BrNO. The molecule has 2 nitrogen and oxygen atoms in total. The van der Waals surface area contributed by atoms with Gasteiger partial charge in [-0.05, 0) is 61.1 Å². The molecule has 2 bridgehead atoms. The number of halogens is 1. The van der Waals surface area contributed by atoms with Crippen LogP contribution in [0.4, 0.5) is 0 Å². The fraction of sp³-hybridized carbons (Fsp3) is 0.375. The normalized spacial score (nSPS) is 26.2. The van der Waals surface area contributed by atoms with Crippen molar-refractivity contribution in [3.05, 3.63) is 82.3 Å². The van der Waals surface area contributed by atoms with E-state index in [1.54, 1.807) is 0 Å². The highest BCUT2D eigenvalue weighted by molar-refractivity contribution is 9.10. The van der Waals surface area contributed by atoms with E-state index in [0.29, 0.717) is 24.4 Å². The summed E-state index contributed by atoms with van der Waals surface area (Å²) in [7, 11) is 0. The molecule has 0 amide bonds. The van der Waals surface area contributed by atoms with Crippen LogP contribution in [0.2, 0.25) is 0 Å². The number of allylic oxidation sites excluding steroid dienone is 1. The number of benzene rings is 2. The molecule has 4 rings (SSSR count). The maximum atomic E-state index is 5.80. The molecular weight excluding hydrogens is 398 g/mol. The Morgan fingerprint density at radius 3 is 2.59 bits per heavy atom. The molecule has 0 saturated heterocycles. The fourth-order valence-corrected chi connectivity index (χ4v) is 5.14. The number of rotatable bonds is 5. The number of nitrogens with zero attached hydrogens (tertiary/aromatic N) is 1. The van der Waals surface area contributed by atoms with Crippen LogP contribution in [0.15, 0.2) is 76.4 Å². The van der Waals surface area contributed by atoms with Gasteiger partial charge < -0.3 is 4.84 Å². The van der Waals surface area contributed by atoms with Crippen molar-refractivity contribution in [2.24, 2.45) is 22.9 Å². The molecule has 0 heterocycles. The first kappa shape index (κ1) is 18.5. The summed E-state index contributed by atoms with van der Waals surface area (Å²) >= 11 is 3.72. The Hall–Kier alpha value is -1.87. The fourth-order valence-electron chi connectivity index (χ4n) is 4.69. The van der Waals surface area contributed by atoms with Crippen LogP contribution in [0.25, 0.3) is 0 Å². The highest BCUT2D eigenvalue weighted by Crippen LogP contribution is 2.45. The third-order valence-electron chi connectivity index (χ3n) is 5.91. The molecule has 2 fully saturated rings. The highest BCUT2D eigenvalue weighted by atomic mass is 79.9. The minimum Gasteiger partial charge on any atom is -0.391 e. The second-order valence-electron chi connectivity index (χ2n) is 7.97. The molecule has 2 aliphatic rings. The zero-order chi connectivity index (χ0) is 18.6. The average molecular weight is 424 g/mol. The second-order valence-corrected chi connectivity index (χ2v) is 8.82. The number of fused-ring (bicyclic) bond motifs is 2. The van der Waals surface area contributed by atoms with E-state index in [4.69, 9.17) is 4.84 Å². The van der Waals surface area contributed by atoms with Crippen LogP contribution in [0.5, 0.6) is 0 Å². The van der Waals surface area contributed by atoms with Gasteiger partial charge in [0.2, 0.25) is 0 Å². The van der Waals surface area contributed by atoms with Gasteiger partial charge in [0.1, 0.15) is 6.61 Å². The van der Waals surface area contributed by atoms with E-state index in [-0.39, 0.29) is 0 Å². The summed E-state index contributed by atoms with van der Waals surface area (Å²) < 4.78 is 1.19. The van der Waals surface area contributed by atoms with E-state index < -0.39 is 0 Å². The number of hydrogen-bond acceptors (Lipinski definition) is 2. The molecule has 0 aliphatic heterocycles. The van der Waals surface area contributed by atoms with Crippen LogP contribution < -0.4 is 0 Å². The molecule has 3 unspecified atom stereocenters. The van der Waals surface area contributed by atoms with Crippen LogP contribution in [0, 0.1) is 17.8 Å². The van der Waals surface area contributed by atoms with Crippen molar-refractivity contribution in [2.75, 3.05) is 0 Å². The van der Waals surface area contributed by atoms with Gasteiger partial charge in [-0.15, -0.1) is 0 Å². The summed E-state index contributed by atoms with van der Waals surface area (Å²) in [5, 5.41) is 4.66. The van der Waals surface area contributed by atoms with Gasteiger partial charge in [0.05, 0.1) is 5.71 Å². The first-order valence-corrected chi connectivity index (χ1v) is 10.6. The topological polar surface area (TPSA) is 21.6 Å². The minimum atomic E-state index is 0.438. The van der Waals surface area contributed by atoms with Crippen molar-refractivity contribution in [3.8, 4) is 0 Å². The molecule has 2 saturated carbocycles.